The van der Waals surface area contributed by atoms with Crippen LogP contribution in [0, 0.1) is 0 Å². The Morgan fingerprint density at radius 3 is 2.36 bits per heavy atom. The van der Waals surface area contributed by atoms with Crippen molar-refractivity contribution < 1.29 is 14.7 Å². The van der Waals surface area contributed by atoms with Gasteiger partial charge in [0.05, 0.1) is 12.1 Å². The van der Waals surface area contributed by atoms with Gasteiger partial charge in [0.25, 0.3) is 0 Å². The average molecular weight is 376 g/mol. The zero-order valence-electron chi connectivity index (χ0n) is 13.4. The predicted molar refractivity (Wildman–Crippen MR) is 98.9 cm³/mol. The van der Waals surface area contributed by atoms with Crippen molar-refractivity contribution in [2.24, 2.45) is 0 Å². The Morgan fingerprint density at radius 2 is 1.76 bits per heavy atom. The first-order valence-electron chi connectivity index (χ1n) is 7.75. The average Bonchev–Trinajstić information content (AvgIpc) is 2.91. The lowest BCUT2D eigenvalue weighted by atomic mass is 9.98. The Balaban J connectivity index is 2.24. The van der Waals surface area contributed by atoms with Gasteiger partial charge in [0, 0.05) is 32.1 Å². The molecule has 0 spiro atoms. The molecule has 0 amide bonds. The van der Waals surface area contributed by atoms with Crippen LogP contribution in [0.3, 0.4) is 0 Å². The van der Waals surface area contributed by atoms with Crippen LogP contribution in [0.4, 0.5) is 0 Å². The van der Waals surface area contributed by atoms with Gasteiger partial charge in [-0.25, -0.2) is 0 Å². The Morgan fingerprint density at radius 1 is 1.08 bits per heavy atom. The van der Waals surface area contributed by atoms with Crippen molar-refractivity contribution in [2.45, 2.75) is 19.8 Å². The fourth-order valence-electron chi connectivity index (χ4n) is 3.00. The van der Waals surface area contributed by atoms with E-state index < -0.39 is 5.97 Å². The summed E-state index contributed by atoms with van der Waals surface area (Å²) in [6.45, 7) is 1.96. The third kappa shape index (κ3) is 3.41. The number of aromatic amines is 1. The first kappa shape index (κ1) is 17.5. The van der Waals surface area contributed by atoms with Gasteiger partial charge in [0.1, 0.15) is 0 Å². The molecule has 0 bridgehead atoms. The van der Waals surface area contributed by atoms with Gasteiger partial charge in [-0.3, -0.25) is 9.59 Å². The number of aryl methyl sites for hydroxylation is 1. The number of nitrogens with one attached hydrogen (secondary N) is 1. The Labute approximate surface area is 154 Å². The van der Waals surface area contributed by atoms with Gasteiger partial charge < -0.3 is 10.1 Å². The van der Waals surface area contributed by atoms with E-state index >= 15 is 0 Å². The van der Waals surface area contributed by atoms with Crippen molar-refractivity contribution in [1.82, 2.24) is 4.98 Å². The second-order valence-electron chi connectivity index (χ2n) is 5.73. The standard InChI is InChI=1S/C19H15Cl2NO3/c1-2-10-7-13(21)8-15-17(10)14(9-16(23)24)18(22-15)19(25)11-3-5-12(20)6-4-11/h3-8,22H,2,9H2,1H3,(H,23,24). The molecular weight excluding hydrogens is 361 g/mol. The highest BCUT2D eigenvalue weighted by atomic mass is 35.5. The zero-order valence-corrected chi connectivity index (χ0v) is 14.9. The molecule has 0 saturated heterocycles. The van der Waals surface area contributed by atoms with E-state index in [1.165, 1.54) is 0 Å². The maximum atomic E-state index is 12.9. The van der Waals surface area contributed by atoms with Gasteiger partial charge in [-0.15, -0.1) is 0 Å². The largest absolute Gasteiger partial charge is 0.481 e. The monoisotopic (exact) mass is 375 g/mol. The molecule has 1 aromatic heterocycles. The van der Waals surface area contributed by atoms with Crippen molar-refractivity contribution in [3.05, 3.63) is 68.8 Å². The number of carboxylic acid groups (broad SMARTS) is 1. The lowest BCUT2D eigenvalue weighted by Crippen LogP contribution is -2.09. The molecule has 25 heavy (non-hydrogen) atoms. The number of ketones is 1. The number of fused-ring (bicyclic) bond motifs is 1. The van der Waals surface area contributed by atoms with Crippen molar-refractivity contribution in [3.8, 4) is 0 Å². The fourth-order valence-corrected chi connectivity index (χ4v) is 3.37. The smallest absolute Gasteiger partial charge is 0.307 e. The molecule has 0 radical (unpaired) electrons. The topological polar surface area (TPSA) is 70.2 Å². The number of carbonyl (C=O) groups excluding carboxylic acids is 1. The molecule has 3 aromatic rings. The maximum Gasteiger partial charge on any atom is 0.307 e. The molecule has 4 nitrogen and oxygen atoms in total. The molecular formula is C19H15Cl2NO3. The number of rotatable bonds is 5. The molecule has 0 atom stereocenters. The lowest BCUT2D eigenvalue weighted by molar-refractivity contribution is -0.136. The quantitative estimate of drug-likeness (QED) is 0.623. The van der Waals surface area contributed by atoms with Crippen LogP contribution in [-0.4, -0.2) is 21.8 Å². The van der Waals surface area contributed by atoms with E-state index in [-0.39, 0.29) is 17.9 Å². The molecule has 0 unspecified atom stereocenters. The summed E-state index contributed by atoms with van der Waals surface area (Å²) in [7, 11) is 0. The van der Waals surface area contributed by atoms with Crippen LogP contribution < -0.4 is 0 Å². The van der Waals surface area contributed by atoms with E-state index in [1.807, 2.05) is 6.92 Å². The van der Waals surface area contributed by atoms with Gasteiger partial charge in [-0.1, -0.05) is 30.1 Å². The molecule has 0 aliphatic carbocycles. The van der Waals surface area contributed by atoms with Crippen LogP contribution in [0.2, 0.25) is 10.0 Å². The minimum atomic E-state index is -0.997. The Kier molecular flexibility index (Phi) is 4.84. The molecule has 2 aromatic carbocycles. The van der Waals surface area contributed by atoms with Gasteiger partial charge in [0.15, 0.2) is 0 Å². The Bertz CT molecular complexity index is 974. The number of benzene rings is 2. The third-order valence-electron chi connectivity index (χ3n) is 4.09. The summed E-state index contributed by atoms with van der Waals surface area (Å²) in [5, 5.41) is 11.1. The number of carbonyl (C=O) groups is 2. The second-order valence-corrected chi connectivity index (χ2v) is 6.60. The lowest BCUT2D eigenvalue weighted by Gasteiger charge is -2.05. The summed E-state index contributed by atoms with van der Waals surface area (Å²) >= 11 is 12.0. The minimum Gasteiger partial charge on any atom is -0.481 e. The van der Waals surface area contributed by atoms with Crippen molar-refractivity contribution in [1.29, 1.82) is 0 Å². The molecule has 3 rings (SSSR count). The van der Waals surface area contributed by atoms with E-state index in [1.54, 1.807) is 36.4 Å². The van der Waals surface area contributed by atoms with E-state index in [9.17, 15) is 14.7 Å². The molecule has 6 heteroatoms. The van der Waals surface area contributed by atoms with E-state index in [2.05, 4.69) is 4.98 Å². The second kappa shape index (κ2) is 6.90. The van der Waals surface area contributed by atoms with Crippen LogP contribution in [-0.2, 0) is 17.6 Å². The Hall–Kier alpha value is -2.30. The normalized spacial score (nSPS) is 11.0. The van der Waals surface area contributed by atoms with Crippen molar-refractivity contribution in [2.75, 3.05) is 0 Å². The first-order chi connectivity index (χ1) is 11.9. The highest BCUT2D eigenvalue weighted by Crippen LogP contribution is 2.31. The number of carboxylic acids is 1. The molecule has 2 N–H and O–H groups in total. The summed E-state index contributed by atoms with van der Waals surface area (Å²) in [6, 6.07) is 10.0. The summed E-state index contributed by atoms with van der Waals surface area (Å²) in [5.74, 6) is -1.27. The van der Waals surface area contributed by atoms with Gasteiger partial charge >= 0.3 is 5.97 Å². The van der Waals surface area contributed by atoms with E-state index in [0.717, 1.165) is 10.9 Å². The van der Waals surface area contributed by atoms with Crippen LogP contribution in [0.5, 0.6) is 0 Å². The fraction of sp³-hybridized carbons (Fsp3) is 0.158. The molecule has 0 saturated carbocycles. The van der Waals surface area contributed by atoms with Crippen LogP contribution in [0.1, 0.15) is 34.1 Å². The predicted octanol–water partition coefficient (Wildman–Crippen LogP) is 4.90. The van der Waals surface area contributed by atoms with Gasteiger partial charge in [-0.05, 0) is 48.4 Å². The first-order valence-corrected chi connectivity index (χ1v) is 8.51. The van der Waals surface area contributed by atoms with Crippen LogP contribution in [0.15, 0.2) is 36.4 Å². The number of aliphatic carboxylic acids is 1. The number of halogens is 2. The maximum absolute atomic E-state index is 12.9. The number of aromatic nitrogens is 1. The third-order valence-corrected chi connectivity index (χ3v) is 4.56. The minimum absolute atomic E-state index is 0.247. The van der Waals surface area contributed by atoms with Crippen molar-refractivity contribution >= 4 is 45.9 Å². The highest BCUT2D eigenvalue weighted by Gasteiger charge is 2.22. The van der Waals surface area contributed by atoms with E-state index in [0.29, 0.717) is 33.1 Å². The number of hydrogen-bond donors (Lipinski definition) is 2. The zero-order chi connectivity index (χ0) is 18.1. The van der Waals surface area contributed by atoms with E-state index in [4.69, 9.17) is 23.2 Å². The van der Waals surface area contributed by atoms with Crippen molar-refractivity contribution in [3.63, 3.8) is 0 Å². The molecule has 0 aliphatic rings. The molecule has 128 valence electrons. The van der Waals surface area contributed by atoms with Crippen LogP contribution >= 0.6 is 23.2 Å². The summed E-state index contributed by atoms with van der Waals surface area (Å²) in [6.07, 6.45) is 0.430. The summed E-state index contributed by atoms with van der Waals surface area (Å²) < 4.78 is 0. The molecule has 1 heterocycles. The molecule has 0 fully saturated rings. The number of hydrogen-bond acceptors (Lipinski definition) is 2. The van der Waals surface area contributed by atoms with Gasteiger partial charge in [0.2, 0.25) is 5.78 Å². The molecule has 0 aliphatic heterocycles. The summed E-state index contributed by atoms with van der Waals surface area (Å²) in [4.78, 5) is 27.3. The summed E-state index contributed by atoms with van der Waals surface area (Å²) in [5.41, 5.74) is 2.77. The van der Waals surface area contributed by atoms with Gasteiger partial charge in [-0.2, -0.15) is 0 Å². The number of H-pyrrole nitrogens is 1. The van der Waals surface area contributed by atoms with Crippen LogP contribution in [0.25, 0.3) is 10.9 Å². The SMILES string of the molecule is CCc1cc(Cl)cc2[nH]c(C(=O)c3ccc(Cl)cc3)c(CC(=O)O)c12. The highest BCUT2D eigenvalue weighted by molar-refractivity contribution is 6.31.